The summed E-state index contributed by atoms with van der Waals surface area (Å²) in [5, 5.41) is 9.54. The van der Waals surface area contributed by atoms with Crippen molar-refractivity contribution in [3.63, 3.8) is 0 Å². The molecule has 1 amide bonds. The van der Waals surface area contributed by atoms with Crippen LogP contribution in [0, 0.1) is 0 Å². The minimum atomic E-state index is -0.307. The summed E-state index contributed by atoms with van der Waals surface area (Å²) < 4.78 is 0. The monoisotopic (exact) mass is 342 g/mol. The number of amides is 1. The predicted molar refractivity (Wildman–Crippen MR) is 100.0 cm³/mol. The first-order valence-corrected chi connectivity index (χ1v) is 9.50. The smallest absolute Gasteiger partial charge is 0.234 e. The van der Waals surface area contributed by atoms with Gasteiger partial charge in [-0.05, 0) is 52.4 Å². The quantitative estimate of drug-likeness (QED) is 0.299. The van der Waals surface area contributed by atoms with Gasteiger partial charge in [0.15, 0.2) is 0 Å². The molecule has 0 aliphatic carbocycles. The average Bonchev–Trinajstić information content (AvgIpc) is 2.56. The van der Waals surface area contributed by atoms with Crippen molar-refractivity contribution in [1.29, 1.82) is 0 Å². The van der Waals surface area contributed by atoms with Crippen molar-refractivity contribution in [2.45, 2.75) is 77.3 Å². The lowest BCUT2D eigenvalue weighted by Crippen LogP contribution is -2.39. The zero-order chi connectivity index (χ0) is 18.2. The van der Waals surface area contributed by atoms with Crippen LogP contribution in [0.4, 0.5) is 0 Å². The van der Waals surface area contributed by atoms with Crippen LogP contribution in [0.5, 0.6) is 0 Å². The molecule has 6 nitrogen and oxygen atoms in total. The summed E-state index contributed by atoms with van der Waals surface area (Å²) in [5.74, 6) is 0.0127. The van der Waals surface area contributed by atoms with Crippen molar-refractivity contribution in [3.05, 3.63) is 0 Å². The number of primary amides is 1. The van der Waals surface area contributed by atoms with Gasteiger partial charge in [-0.15, -0.1) is 0 Å². The minimum Gasteiger partial charge on any atom is -0.368 e. The number of unbranched alkanes of at least 4 members (excludes halogenated alkanes) is 3. The topological polar surface area (TPSA) is 96.2 Å². The first-order valence-electron chi connectivity index (χ1n) is 9.50. The Morgan fingerprint density at radius 3 is 2.17 bits per heavy atom. The van der Waals surface area contributed by atoms with E-state index in [-0.39, 0.29) is 18.0 Å². The fraction of sp³-hybridized carbons (Fsp3) is 0.889. The molecule has 0 aromatic heterocycles. The van der Waals surface area contributed by atoms with Gasteiger partial charge in [-0.2, -0.15) is 0 Å². The molecular weight excluding hydrogens is 304 g/mol. The lowest BCUT2D eigenvalue weighted by Gasteiger charge is -2.17. The molecule has 24 heavy (non-hydrogen) atoms. The average molecular weight is 343 g/mol. The third kappa shape index (κ3) is 11.5. The second-order valence-electron chi connectivity index (χ2n) is 6.27. The number of rotatable bonds is 17. The number of nitrogens with two attached hydrogens (primary N) is 1. The van der Waals surface area contributed by atoms with E-state index in [1.54, 1.807) is 7.05 Å². The fourth-order valence-electron chi connectivity index (χ4n) is 2.83. The van der Waals surface area contributed by atoms with Crippen LogP contribution in [0.3, 0.4) is 0 Å². The van der Waals surface area contributed by atoms with Gasteiger partial charge in [0.05, 0.1) is 12.1 Å². The number of hydrogen-bond donors (Lipinski definition) is 4. The molecule has 0 rings (SSSR count). The highest BCUT2D eigenvalue weighted by atomic mass is 16.1. The number of nitrogens with one attached hydrogen (secondary N) is 3. The Kier molecular flexibility index (Phi) is 14.9. The van der Waals surface area contributed by atoms with Gasteiger partial charge in [0, 0.05) is 6.42 Å². The normalized spacial score (nSPS) is 13.6. The number of carbonyl (C=O) groups excluding carboxylic acids is 2. The second-order valence-corrected chi connectivity index (χ2v) is 6.27. The summed E-state index contributed by atoms with van der Waals surface area (Å²) in [6.45, 7) is 7.00. The van der Waals surface area contributed by atoms with Crippen molar-refractivity contribution in [2.24, 2.45) is 5.73 Å². The van der Waals surface area contributed by atoms with Gasteiger partial charge in [-0.25, -0.2) is 0 Å². The maximum atomic E-state index is 12.3. The zero-order valence-electron chi connectivity index (χ0n) is 15.8. The summed E-state index contributed by atoms with van der Waals surface area (Å²) in [4.78, 5) is 23.5. The predicted octanol–water partition coefficient (Wildman–Crippen LogP) is 1.34. The van der Waals surface area contributed by atoms with E-state index in [1.807, 2.05) is 6.92 Å². The lowest BCUT2D eigenvalue weighted by atomic mass is 9.99. The first kappa shape index (κ1) is 23.0. The molecule has 2 atom stereocenters. The van der Waals surface area contributed by atoms with Gasteiger partial charge < -0.3 is 21.7 Å². The molecule has 0 fully saturated rings. The van der Waals surface area contributed by atoms with E-state index < -0.39 is 0 Å². The van der Waals surface area contributed by atoms with Crippen molar-refractivity contribution in [2.75, 3.05) is 26.7 Å². The molecule has 0 spiro atoms. The summed E-state index contributed by atoms with van der Waals surface area (Å²) in [6, 6.07) is -0.265. The van der Waals surface area contributed by atoms with Crippen molar-refractivity contribution in [1.82, 2.24) is 16.0 Å². The number of hydrogen-bond acceptors (Lipinski definition) is 5. The Hall–Kier alpha value is -0.980. The zero-order valence-corrected chi connectivity index (χ0v) is 15.8. The number of likely N-dealkylation sites (N-methyl/N-ethyl adjacent to an activating group) is 2. The van der Waals surface area contributed by atoms with E-state index in [0.29, 0.717) is 12.2 Å². The van der Waals surface area contributed by atoms with E-state index in [4.69, 9.17) is 5.73 Å². The van der Waals surface area contributed by atoms with E-state index >= 15 is 0 Å². The molecule has 6 heteroatoms. The third-order valence-electron chi connectivity index (χ3n) is 4.29. The SMILES string of the molecule is CCNCCCCC(NCC)C(=O)CCCCCC(NC)C(N)=O. The van der Waals surface area contributed by atoms with E-state index in [0.717, 1.165) is 64.6 Å². The molecule has 5 N–H and O–H groups in total. The van der Waals surface area contributed by atoms with Gasteiger partial charge in [0.2, 0.25) is 5.91 Å². The highest BCUT2D eigenvalue weighted by Gasteiger charge is 2.16. The van der Waals surface area contributed by atoms with Gasteiger partial charge >= 0.3 is 0 Å². The van der Waals surface area contributed by atoms with Crippen LogP contribution in [0.1, 0.15) is 65.2 Å². The molecule has 0 saturated heterocycles. The first-order chi connectivity index (χ1) is 11.6. The fourth-order valence-corrected chi connectivity index (χ4v) is 2.83. The largest absolute Gasteiger partial charge is 0.368 e. The Balaban J connectivity index is 3.91. The molecule has 0 heterocycles. The second kappa shape index (κ2) is 15.5. The molecule has 0 saturated carbocycles. The maximum Gasteiger partial charge on any atom is 0.234 e. The molecule has 0 aromatic carbocycles. The third-order valence-corrected chi connectivity index (χ3v) is 4.29. The summed E-state index contributed by atoms with van der Waals surface area (Å²) in [6.07, 6.45) is 7.20. The molecule has 0 aliphatic rings. The Morgan fingerprint density at radius 1 is 0.917 bits per heavy atom. The Labute approximate surface area is 147 Å². The summed E-state index contributed by atoms with van der Waals surface area (Å²) >= 11 is 0. The van der Waals surface area contributed by atoms with Gasteiger partial charge in [0.25, 0.3) is 0 Å². The molecule has 0 radical (unpaired) electrons. The maximum absolute atomic E-state index is 12.3. The van der Waals surface area contributed by atoms with Gasteiger partial charge in [-0.3, -0.25) is 9.59 Å². The Bertz CT molecular complexity index is 337. The van der Waals surface area contributed by atoms with Crippen LogP contribution in [0.15, 0.2) is 0 Å². The van der Waals surface area contributed by atoms with E-state index in [2.05, 4.69) is 22.9 Å². The molecule has 142 valence electrons. The van der Waals surface area contributed by atoms with Crippen LogP contribution in [0.2, 0.25) is 0 Å². The summed E-state index contributed by atoms with van der Waals surface area (Å²) in [5.41, 5.74) is 5.29. The summed E-state index contributed by atoms with van der Waals surface area (Å²) in [7, 11) is 1.75. The van der Waals surface area contributed by atoms with Crippen molar-refractivity contribution >= 4 is 11.7 Å². The molecule has 0 aromatic rings. The van der Waals surface area contributed by atoms with Gasteiger partial charge in [0.1, 0.15) is 5.78 Å². The van der Waals surface area contributed by atoms with Crippen LogP contribution in [0.25, 0.3) is 0 Å². The highest BCUT2D eigenvalue weighted by Crippen LogP contribution is 2.10. The highest BCUT2D eigenvalue weighted by molar-refractivity contribution is 5.83. The standard InChI is InChI=1S/C18H38N4O2/c1-4-21-14-10-9-11-15(22-5-2)17(23)13-8-6-7-12-16(20-3)18(19)24/h15-16,20-22H,4-14H2,1-3H3,(H2,19,24). The number of carbonyl (C=O) groups is 2. The molecule has 0 bridgehead atoms. The van der Waals surface area contributed by atoms with Crippen LogP contribution in [-0.2, 0) is 9.59 Å². The van der Waals surface area contributed by atoms with E-state index in [1.165, 1.54) is 0 Å². The van der Waals surface area contributed by atoms with Crippen LogP contribution >= 0.6 is 0 Å². The minimum absolute atomic E-state index is 0.00713. The molecular formula is C18H38N4O2. The number of Topliss-reactive ketones (excluding diaryl/α,β-unsaturated/α-hetero) is 1. The van der Waals surface area contributed by atoms with Gasteiger partial charge in [-0.1, -0.05) is 33.1 Å². The van der Waals surface area contributed by atoms with Crippen LogP contribution in [-0.4, -0.2) is 50.5 Å². The van der Waals surface area contributed by atoms with Crippen molar-refractivity contribution < 1.29 is 9.59 Å². The van der Waals surface area contributed by atoms with E-state index in [9.17, 15) is 9.59 Å². The Morgan fingerprint density at radius 2 is 1.58 bits per heavy atom. The lowest BCUT2D eigenvalue weighted by molar-refractivity contribution is -0.121. The number of ketones is 1. The van der Waals surface area contributed by atoms with Crippen molar-refractivity contribution in [3.8, 4) is 0 Å². The molecule has 0 aliphatic heterocycles. The molecule has 2 unspecified atom stereocenters. The van der Waals surface area contributed by atoms with Crippen LogP contribution < -0.4 is 21.7 Å².